The van der Waals surface area contributed by atoms with Crippen molar-refractivity contribution in [1.82, 2.24) is 14.3 Å². The molecule has 2 aliphatic heterocycles. The van der Waals surface area contributed by atoms with Gasteiger partial charge in [-0.1, -0.05) is 0 Å². The predicted molar refractivity (Wildman–Crippen MR) is 84.0 cm³/mol. The van der Waals surface area contributed by atoms with Gasteiger partial charge in [0, 0.05) is 13.5 Å². The van der Waals surface area contributed by atoms with Crippen LogP contribution < -0.4 is 4.90 Å². The molecule has 7 nitrogen and oxygen atoms in total. The van der Waals surface area contributed by atoms with Gasteiger partial charge < -0.3 is 14.2 Å². The second-order valence-electron chi connectivity index (χ2n) is 6.25. The molecule has 0 saturated carbocycles. The number of nitrogens with one attached hydrogen (secondary N) is 1. The molecule has 1 aromatic heterocycles. The third-order valence-electron chi connectivity index (χ3n) is 4.50. The zero-order chi connectivity index (χ0) is 15.7. The molecule has 9 heteroatoms. The van der Waals surface area contributed by atoms with Gasteiger partial charge in [-0.2, -0.15) is 9.78 Å². The zero-order valence-electron chi connectivity index (χ0n) is 12.8. The van der Waals surface area contributed by atoms with E-state index in [-0.39, 0.29) is 11.7 Å². The second-order valence-corrected chi connectivity index (χ2v) is 8.84. The Balaban J connectivity index is 1.70. The molecule has 22 heavy (non-hydrogen) atoms. The van der Waals surface area contributed by atoms with Gasteiger partial charge in [0.1, 0.15) is 18.9 Å². The minimum absolute atomic E-state index is 0.171. The van der Waals surface area contributed by atoms with Crippen molar-refractivity contribution in [3.05, 3.63) is 10.6 Å². The molecule has 0 radical (unpaired) electrons. The molecule has 1 atom stereocenters. The largest absolute Gasteiger partial charge is 0.370 e. The van der Waals surface area contributed by atoms with E-state index in [0.29, 0.717) is 16.9 Å². The van der Waals surface area contributed by atoms with E-state index < -0.39 is 9.84 Å². The first-order valence-electron chi connectivity index (χ1n) is 7.69. The molecule has 3 rings (SSSR count). The van der Waals surface area contributed by atoms with Gasteiger partial charge in [-0.05, 0) is 24.6 Å². The molecule has 0 amide bonds. The van der Waals surface area contributed by atoms with E-state index in [1.807, 2.05) is 16.3 Å². The third-order valence-corrected chi connectivity index (χ3v) is 6.82. The van der Waals surface area contributed by atoms with Crippen LogP contribution in [0.2, 0.25) is 0 Å². The Morgan fingerprint density at radius 1 is 1.41 bits per heavy atom. The van der Waals surface area contributed by atoms with Crippen molar-refractivity contribution in [3.63, 3.8) is 0 Å². The molecule has 2 aliphatic rings. The number of quaternary nitrogens is 1. The van der Waals surface area contributed by atoms with E-state index in [0.717, 1.165) is 45.2 Å². The van der Waals surface area contributed by atoms with Crippen molar-refractivity contribution in [2.24, 2.45) is 13.0 Å². The summed E-state index contributed by atoms with van der Waals surface area (Å²) < 4.78 is 33.0. The summed E-state index contributed by atoms with van der Waals surface area (Å²) in [5.41, 5.74) is 0. The van der Waals surface area contributed by atoms with Crippen molar-refractivity contribution in [1.29, 1.82) is 0 Å². The predicted octanol–water partition coefficient (Wildman–Crippen LogP) is -1.20. The average Bonchev–Trinajstić information content (AvgIpc) is 2.95. The molecule has 1 aromatic rings. The monoisotopic (exact) mass is 347 g/mol. The lowest BCUT2D eigenvalue weighted by Crippen LogP contribution is -3.13. The molecule has 0 unspecified atom stereocenters. The first-order valence-corrected chi connectivity index (χ1v) is 9.92. The van der Waals surface area contributed by atoms with Gasteiger partial charge in [0.05, 0.1) is 24.7 Å². The number of rotatable bonds is 4. The summed E-state index contributed by atoms with van der Waals surface area (Å²) in [4.78, 5) is 1.41. The minimum atomic E-state index is -2.84. The van der Waals surface area contributed by atoms with Gasteiger partial charge in [0.15, 0.2) is 16.5 Å². The van der Waals surface area contributed by atoms with Crippen LogP contribution in [0.15, 0.2) is 0 Å². The van der Waals surface area contributed by atoms with Crippen molar-refractivity contribution in [3.8, 4) is 0 Å². The molecule has 0 bridgehead atoms. The van der Waals surface area contributed by atoms with Crippen LogP contribution in [0, 0.1) is 10.7 Å². The number of aromatic nitrogens is 3. The molecule has 2 saturated heterocycles. The van der Waals surface area contributed by atoms with Gasteiger partial charge >= 0.3 is 0 Å². The molecule has 2 fully saturated rings. The minimum Gasteiger partial charge on any atom is -0.370 e. The van der Waals surface area contributed by atoms with Crippen molar-refractivity contribution in [2.45, 2.75) is 19.5 Å². The molecular weight excluding hydrogens is 324 g/mol. The molecule has 3 heterocycles. The quantitative estimate of drug-likeness (QED) is 0.693. The van der Waals surface area contributed by atoms with Crippen molar-refractivity contribution >= 4 is 22.1 Å². The van der Waals surface area contributed by atoms with Crippen LogP contribution in [0.4, 0.5) is 0 Å². The Hall–Kier alpha value is -0.770. The molecule has 124 valence electrons. The van der Waals surface area contributed by atoms with Crippen LogP contribution in [0.3, 0.4) is 0 Å². The Bertz CT molecular complexity index is 689. The number of morpholine rings is 1. The van der Waals surface area contributed by atoms with Gasteiger partial charge in [0.2, 0.25) is 4.77 Å². The summed E-state index contributed by atoms with van der Waals surface area (Å²) >= 11 is 5.47. The first kappa shape index (κ1) is 16.1. The first-order chi connectivity index (χ1) is 10.4. The lowest BCUT2D eigenvalue weighted by Gasteiger charge is -2.23. The van der Waals surface area contributed by atoms with Crippen molar-refractivity contribution in [2.75, 3.05) is 37.8 Å². The highest BCUT2D eigenvalue weighted by molar-refractivity contribution is 7.91. The van der Waals surface area contributed by atoms with Gasteiger partial charge in [-0.25, -0.2) is 8.42 Å². The van der Waals surface area contributed by atoms with E-state index >= 15 is 0 Å². The SMILES string of the molecule is Cn1c(C[C@@H]2CCS(=O)(=O)C2)nn(C[NH+]2CCOCC2)c1=S. The summed E-state index contributed by atoms with van der Waals surface area (Å²) in [6.07, 6.45) is 1.42. The van der Waals surface area contributed by atoms with Gasteiger partial charge in [-0.3, -0.25) is 0 Å². The maximum absolute atomic E-state index is 11.6. The fraction of sp³-hybridized carbons (Fsp3) is 0.846. The zero-order valence-corrected chi connectivity index (χ0v) is 14.5. The normalized spacial score (nSPS) is 25.6. The third kappa shape index (κ3) is 3.58. The number of ether oxygens (including phenoxy) is 1. The highest BCUT2D eigenvalue weighted by atomic mass is 32.2. The summed E-state index contributed by atoms with van der Waals surface area (Å²) in [7, 11) is -0.926. The summed E-state index contributed by atoms with van der Waals surface area (Å²) in [5, 5.41) is 4.63. The molecule has 0 aromatic carbocycles. The van der Waals surface area contributed by atoms with E-state index in [1.54, 1.807) is 0 Å². The van der Waals surface area contributed by atoms with Crippen LogP contribution in [0.5, 0.6) is 0 Å². The average molecular weight is 347 g/mol. The van der Waals surface area contributed by atoms with Crippen LogP contribution in [0.1, 0.15) is 12.2 Å². The smallest absolute Gasteiger partial charge is 0.202 e. The summed E-state index contributed by atoms with van der Waals surface area (Å²) in [5.74, 6) is 1.65. The van der Waals surface area contributed by atoms with Crippen LogP contribution >= 0.6 is 12.2 Å². The number of hydrogen-bond donors (Lipinski definition) is 1. The van der Waals surface area contributed by atoms with Gasteiger partial charge in [0.25, 0.3) is 0 Å². The maximum atomic E-state index is 11.6. The van der Waals surface area contributed by atoms with Crippen LogP contribution in [0.25, 0.3) is 0 Å². The highest BCUT2D eigenvalue weighted by Gasteiger charge is 2.29. The standard InChI is InChI=1S/C13H22N4O3S2/c1-15-12(8-11-2-7-22(18,19)9-11)14-17(13(15)21)10-16-3-5-20-6-4-16/h11H,2-10H2,1H3/p+1/t11-/m0/s1. The fourth-order valence-electron chi connectivity index (χ4n) is 3.13. The fourth-order valence-corrected chi connectivity index (χ4v) is 5.21. The Kier molecular flexibility index (Phi) is 4.67. The van der Waals surface area contributed by atoms with E-state index in [9.17, 15) is 8.42 Å². The lowest BCUT2D eigenvalue weighted by atomic mass is 10.1. The molecule has 0 aliphatic carbocycles. The Morgan fingerprint density at radius 2 is 2.14 bits per heavy atom. The van der Waals surface area contributed by atoms with E-state index in [2.05, 4.69) is 5.10 Å². The topological polar surface area (TPSA) is 70.6 Å². The molecular formula is C13H23N4O3S2+. The maximum Gasteiger partial charge on any atom is 0.202 e. The Labute approximate surface area is 135 Å². The molecule has 0 spiro atoms. The number of hydrogen-bond acceptors (Lipinski definition) is 5. The second kappa shape index (κ2) is 6.38. The van der Waals surface area contributed by atoms with Crippen LogP contribution in [-0.4, -0.2) is 60.6 Å². The van der Waals surface area contributed by atoms with E-state index in [4.69, 9.17) is 17.0 Å². The summed E-state index contributed by atoms with van der Waals surface area (Å²) in [6, 6.07) is 0. The number of nitrogens with zero attached hydrogens (tertiary/aromatic N) is 3. The highest BCUT2D eigenvalue weighted by Crippen LogP contribution is 2.21. The van der Waals surface area contributed by atoms with Crippen LogP contribution in [-0.2, 0) is 34.7 Å². The van der Waals surface area contributed by atoms with Crippen molar-refractivity contribution < 1.29 is 18.1 Å². The number of sulfone groups is 1. The lowest BCUT2D eigenvalue weighted by molar-refractivity contribution is -0.931. The van der Waals surface area contributed by atoms with Gasteiger partial charge in [-0.15, -0.1) is 0 Å². The molecule has 1 N–H and O–H groups in total. The summed E-state index contributed by atoms with van der Waals surface area (Å²) in [6.45, 7) is 4.24. The van der Waals surface area contributed by atoms with E-state index in [1.165, 1.54) is 4.90 Å². The Morgan fingerprint density at radius 3 is 2.77 bits per heavy atom.